The SMILES string of the molecule is CCc1c(C(=O)NCC(C)(C)N)cnn1Cc1ccccc1. The van der Waals surface area contributed by atoms with Gasteiger partial charge in [0, 0.05) is 12.1 Å². The monoisotopic (exact) mass is 300 g/mol. The van der Waals surface area contributed by atoms with Crippen LogP contribution >= 0.6 is 0 Å². The van der Waals surface area contributed by atoms with E-state index in [2.05, 4.69) is 22.5 Å². The van der Waals surface area contributed by atoms with Gasteiger partial charge < -0.3 is 11.1 Å². The van der Waals surface area contributed by atoms with E-state index in [4.69, 9.17) is 5.73 Å². The summed E-state index contributed by atoms with van der Waals surface area (Å²) in [5.74, 6) is -0.116. The van der Waals surface area contributed by atoms with Crippen molar-refractivity contribution in [2.75, 3.05) is 6.54 Å². The highest BCUT2D eigenvalue weighted by Gasteiger charge is 2.18. The van der Waals surface area contributed by atoms with E-state index >= 15 is 0 Å². The Bertz CT molecular complexity index is 626. The number of nitrogens with zero attached hydrogens (tertiary/aromatic N) is 2. The molecule has 0 saturated carbocycles. The van der Waals surface area contributed by atoms with E-state index in [9.17, 15) is 4.79 Å². The van der Waals surface area contributed by atoms with E-state index < -0.39 is 5.54 Å². The van der Waals surface area contributed by atoms with Crippen LogP contribution < -0.4 is 11.1 Å². The Hall–Kier alpha value is -2.14. The van der Waals surface area contributed by atoms with Crippen LogP contribution in [0.1, 0.15) is 42.4 Å². The molecule has 0 aliphatic heterocycles. The topological polar surface area (TPSA) is 72.9 Å². The molecule has 1 aromatic carbocycles. The van der Waals surface area contributed by atoms with E-state index in [1.807, 2.05) is 43.7 Å². The van der Waals surface area contributed by atoms with Crippen LogP contribution in [0.15, 0.2) is 36.5 Å². The normalized spacial score (nSPS) is 11.5. The largest absolute Gasteiger partial charge is 0.350 e. The molecule has 2 aromatic rings. The molecule has 0 fully saturated rings. The summed E-state index contributed by atoms with van der Waals surface area (Å²) >= 11 is 0. The summed E-state index contributed by atoms with van der Waals surface area (Å²) in [5.41, 5.74) is 8.21. The quantitative estimate of drug-likeness (QED) is 0.856. The van der Waals surface area contributed by atoms with Crippen molar-refractivity contribution in [1.82, 2.24) is 15.1 Å². The lowest BCUT2D eigenvalue weighted by atomic mass is 10.1. The van der Waals surface area contributed by atoms with E-state index in [1.54, 1.807) is 6.20 Å². The van der Waals surface area contributed by atoms with Crippen molar-refractivity contribution >= 4 is 5.91 Å². The number of nitrogens with two attached hydrogens (primary N) is 1. The zero-order valence-electron chi connectivity index (χ0n) is 13.5. The first-order valence-electron chi connectivity index (χ1n) is 7.56. The van der Waals surface area contributed by atoms with Gasteiger partial charge in [0.15, 0.2) is 0 Å². The summed E-state index contributed by atoms with van der Waals surface area (Å²) in [7, 11) is 0. The van der Waals surface area contributed by atoms with Crippen LogP contribution in [0, 0.1) is 0 Å². The molecule has 0 bridgehead atoms. The van der Waals surface area contributed by atoms with Crippen LogP contribution in [0.4, 0.5) is 0 Å². The third-order valence-corrected chi connectivity index (χ3v) is 3.41. The molecule has 1 heterocycles. The first-order chi connectivity index (χ1) is 10.4. The van der Waals surface area contributed by atoms with Gasteiger partial charge in [0.05, 0.1) is 24.0 Å². The van der Waals surface area contributed by atoms with Gasteiger partial charge in [-0.1, -0.05) is 37.3 Å². The number of carbonyl (C=O) groups excluding carboxylic acids is 1. The molecule has 0 spiro atoms. The fourth-order valence-corrected chi connectivity index (χ4v) is 2.27. The van der Waals surface area contributed by atoms with Crippen molar-refractivity contribution in [1.29, 1.82) is 0 Å². The van der Waals surface area contributed by atoms with Crippen molar-refractivity contribution in [3.63, 3.8) is 0 Å². The Morgan fingerprint density at radius 1 is 1.32 bits per heavy atom. The number of nitrogens with one attached hydrogen (secondary N) is 1. The highest BCUT2D eigenvalue weighted by molar-refractivity contribution is 5.95. The predicted octanol–water partition coefficient (Wildman–Crippen LogP) is 1.96. The zero-order valence-corrected chi connectivity index (χ0v) is 13.5. The van der Waals surface area contributed by atoms with Gasteiger partial charge in [-0.05, 0) is 25.8 Å². The summed E-state index contributed by atoms with van der Waals surface area (Å²) in [6.45, 7) is 6.89. The van der Waals surface area contributed by atoms with Gasteiger partial charge in [-0.3, -0.25) is 9.48 Å². The first-order valence-corrected chi connectivity index (χ1v) is 7.56. The molecule has 3 N–H and O–H groups in total. The van der Waals surface area contributed by atoms with Crippen LogP contribution in [0.5, 0.6) is 0 Å². The number of aromatic nitrogens is 2. The fourth-order valence-electron chi connectivity index (χ4n) is 2.27. The van der Waals surface area contributed by atoms with Gasteiger partial charge >= 0.3 is 0 Å². The molecule has 2 rings (SSSR count). The van der Waals surface area contributed by atoms with Crippen molar-refractivity contribution in [3.05, 3.63) is 53.3 Å². The third-order valence-electron chi connectivity index (χ3n) is 3.41. The smallest absolute Gasteiger partial charge is 0.254 e. The molecule has 0 aliphatic carbocycles. The Morgan fingerprint density at radius 3 is 2.59 bits per heavy atom. The molecule has 0 unspecified atom stereocenters. The predicted molar refractivity (Wildman–Crippen MR) is 87.7 cm³/mol. The van der Waals surface area contributed by atoms with Crippen LogP contribution in [-0.2, 0) is 13.0 Å². The van der Waals surface area contributed by atoms with E-state index in [0.717, 1.165) is 17.7 Å². The highest BCUT2D eigenvalue weighted by atomic mass is 16.1. The summed E-state index contributed by atoms with van der Waals surface area (Å²) < 4.78 is 1.89. The average molecular weight is 300 g/mol. The van der Waals surface area contributed by atoms with E-state index in [-0.39, 0.29) is 5.91 Å². The number of amides is 1. The Balaban J connectivity index is 2.15. The van der Waals surface area contributed by atoms with Gasteiger partial charge in [-0.2, -0.15) is 5.10 Å². The van der Waals surface area contributed by atoms with Crippen molar-refractivity contribution in [3.8, 4) is 0 Å². The summed E-state index contributed by atoms with van der Waals surface area (Å²) in [4.78, 5) is 12.3. The van der Waals surface area contributed by atoms with Crippen molar-refractivity contribution < 1.29 is 4.79 Å². The molecular weight excluding hydrogens is 276 g/mol. The highest BCUT2D eigenvalue weighted by Crippen LogP contribution is 2.12. The molecular formula is C17H24N4O. The molecule has 5 heteroatoms. The van der Waals surface area contributed by atoms with Crippen molar-refractivity contribution in [2.45, 2.75) is 39.3 Å². The van der Waals surface area contributed by atoms with Crippen molar-refractivity contribution in [2.24, 2.45) is 5.73 Å². The summed E-state index contributed by atoms with van der Waals surface area (Å²) in [5, 5.41) is 7.25. The lowest BCUT2D eigenvalue weighted by Gasteiger charge is -2.18. The van der Waals surface area contributed by atoms with Gasteiger partial charge in [0.25, 0.3) is 5.91 Å². The number of hydrogen-bond acceptors (Lipinski definition) is 3. The van der Waals surface area contributed by atoms with Crippen LogP contribution in [0.3, 0.4) is 0 Å². The standard InChI is InChI=1S/C17H24N4O/c1-4-15-14(16(22)19-12-17(2,3)18)10-20-21(15)11-13-8-6-5-7-9-13/h5-10H,4,11-12,18H2,1-3H3,(H,19,22). The lowest BCUT2D eigenvalue weighted by molar-refractivity contribution is 0.0945. The molecule has 1 aromatic heterocycles. The van der Waals surface area contributed by atoms with Gasteiger partial charge in [0.2, 0.25) is 0 Å². The first kappa shape index (κ1) is 16.2. The molecule has 22 heavy (non-hydrogen) atoms. The van der Waals surface area contributed by atoms with Crippen LogP contribution in [-0.4, -0.2) is 27.8 Å². The molecule has 5 nitrogen and oxygen atoms in total. The van der Waals surface area contributed by atoms with Gasteiger partial charge in [-0.15, -0.1) is 0 Å². The fraction of sp³-hybridized carbons (Fsp3) is 0.412. The van der Waals surface area contributed by atoms with Crippen LogP contribution in [0.2, 0.25) is 0 Å². The number of rotatable bonds is 6. The maximum absolute atomic E-state index is 12.3. The second-order valence-corrected chi connectivity index (χ2v) is 6.17. The molecule has 0 saturated heterocycles. The Kier molecular flexibility index (Phi) is 4.98. The average Bonchev–Trinajstić information content (AvgIpc) is 2.88. The number of benzene rings is 1. The maximum atomic E-state index is 12.3. The molecule has 0 radical (unpaired) electrons. The van der Waals surface area contributed by atoms with Gasteiger partial charge in [0.1, 0.15) is 0 Å². The minimum atomic E-state index is -0.429. The Labute approximate surface area is 131 Å². The third kappa shape index (κ3) is 4.18. The zero-order chi connectivity index (χ0) is 16.2. The molecule has 118 valence electrons. The van der Waals surface area contributed by atoms with Crippen LogP contribution in [0.25, 0.3) is 0 Å². The molecule has 1 amide bonds. The summed E-state index contributed by atoms with van der Waals surface area (Å²) in [6, 6.07) is 10.1. The minimum absolute atomic E-state index is 0.116. The van der Waals surface area contributed by atoms with Gasteiger partial charge in [-0.25, -0.2) is 0 Å². The second-order valence-electron chi connectivity index (χ2n) is 6.17. The Morgan fingerprint density at radius 2 is 2.00 bits per heavy atom. The lowest BCUT2D eigenvalue weighted by Crippen LogP contribution is -2.45. The number of carbonyl (C=O) groups is 1. The van der Waals surface area contributed by atoms with E-state index in [1.165, 1.54) is 0 Å². The molecule has 0 atom stereocenters. The summed E-state index contributed by atoms with van der Waals surface area (Å²) in [6.07, 6.45) is 2.39. The second kappa shape index (κ2) is 6.75. The maximum Gasteiger partial charge on any atom is 0.254 e. The van der Waals surface area contributed by atoms with E-state index in [0.29, 0.717) is 18.7 Å². The minimum Gasteiger partial charge on any atom is -0.350 e. The molecule has 0 aliphatic rings. The number of hydrogen-bond donors (Lipinski definition) is 2.